The van der Waals surface area contributed by atoms with Crippen molar-refractivity contribution in [1.29, 1.82) is 0 Å². The molecule has 0 unspecified atom stereocenters. The van der Waals surface area contributed by atoms with E-state index in [0.29, 0.717) is 18.5 Å². The van der Waals surface area contributed by atoms with Crippen LogP contribution >= 0.6 is 0 Å². The van der Waals surface area contributed by atoms with Crippen LogP contribution in [0.15, 0.2) is 66.7 Å². The summed E-state index contributed by atoms with van der Waals surface area (Å²) in [6.45, 7) is 6.12. The first-order valence-corrected chi connectivity index (χ1v) is 14.8. The molecule has 2 aromatic carbocycles. The number of pyridine rings is 1. The van der Waals surface area contributed by atoms with Gasteiger partial charge in [0.25, 0.3) is 5.91 Å². The number of ether oxygens (including phenoxy) is 1. The average molecular weight is 604 g/mol. The van der Waals surface area contributed by atoms with Crippen LogP contribution in [-0.2, 0) is 25.5 Å². The number of aliphatic hydroxyl groups is 1. The fourth-order valence-electron chi connectivity index (χ4n) is 5.32. The van der Waals surface area contributed by atoms with E-state index >= 15 is 0 Å². The van der Waals surface area contributed by atoms with E-state index in [1.165, 1.54) is 6.07 Å². The molecular weight excluding hydrogens is 562 g/mol. The Morgan fingerprint density at radius 3 is 2.43 bits per heavy atom. The average Bonchev–Trinajstić information content (AvgIpc) is 3.44. The quantitative estimate of drug-likeness (QED) is 0.229. The van der Waals surface area contributed by atoms with Gasteiger partial charge in [-0.05, 0) is 64.3 Å². The van der Waals surface area contributed by atoms with Gasteiger partial charge in [0.05, 0.1) is 24.1 Å². The monoisotopic (exact) mass is 603 g/mol. The third-order valence-electron chi connectivity index (χ3n) is 7.41. The summed E-state index contributed by atoms with van der Waals surface area (Å²) in [6.07, 6.45) is 0.0949. The fraction of sp³-hybridized carbons (Fsp3) is 0.424. The van der Waals surface area contributed by atoms with Gasteiger partial charge in [-0.2, -0.15) is 0 Å². The lowest BCUT2D eigenvalue weighted by Gasteiger charge is -2.32. The molecule has 11 nitrogen and oxygen atoms in total. The molecule has 1 aromatic heterocycles. The maximum absolute atomic E-state index is 13.6. The van der Waals surface area contributed by atoms with Gasteiger partial charge >= 0.3 is 5.97 Å². The van der Waals surface area contributed by atoms with Gasteiger partial charge in [-0.1, -0.05) is 54.6 Å². The minimum absolute atomic E-state index is 0.0778. The number of nitrogens with two attached hydrogens (primary N) is 1. The van der Waals surface area contributed by atoms with Crippen molar-refractivity contribution in [3.63, 3.8) is 0 Å². The predicted molar refractivity (Wildman–Crippen MR) is 165 cm³/mol. The minimum Gasteiger partial charge on any atom is -0.459 e. The van der Waals surface area contributed by atoms with Crippen molar-refractivity contribution in [1.82, 2.24) is 20.5 Å². The topological polar surface area (TPSA) is 164 Å². The van der Waals surface area contributed by atoms with Crippen molar-refractivity contribution in [2.75, 3.05) is 13.1 Å². The van der Waals surface area contributed by atoms with E-state index in [0.717, 1.165) is 17.4 Å². The normalized spacial score (nSPS) is 17.4. The molecule has 1 fully saturated rings. The highest BCUT2D eigenvalue weighted by Gasteiger charge is 2.37. The lowest BCUT2D eigenvalue weighted by atomic mass is 9.99. The van der Waals surface area contributed by atoms with Gasteiger partial charge in [-0.3, -0.25) is 24.1 Å². The lowest BCUT2D eigenvalue weighted by Crippen LogP contribution is -2.56. The van der Waals surface area contributed by atoms with Gasteiger partial charge in [-0.15, -0.1) is 0 Å². The molecule has 0 radical (unpaired) electrons. The van der Waals surface area contributed by atoms with E-state index in [1.54, 1.807) is 18.2 Å². The number of hydrogen-bond acceptors (Lipinski definition) is 8. The molecule has 1 aliphatic heterocycles. The van der Waals surface area contributed by atoms with Crippen molar-refractivity contribution < 1.29 is 29.0 Å². The van der Waals surface area contributed by atoms with Crippen molar-refractivity contribution >= 4 is 34.6 Å². The van der Waals surface area contributed by atoms with Crippen molar-refractivity contribution in [3.8, 4) is 0 Å². The second-order valence-corrected chi connectivity index (χ2v) is 12.1. The highest BCUT2D eigenvalue weighted by Crippen LogP contribution is 2.22. The van der Waals surface area contributed by atoms with E-state index in [9.17, 15) is 24.3 Å². The zero-order valence-corrected chi connectivity index (χ0v) is 25.4. The molecule has 44 heavy (non-hydrogen) atoms. The number of likely N-dealkylation sites (tertiary alicyclic amines) is 1. The Bertz CT molecular complexity index is 1470. The number of rotatable bonds is 12. The second kappa shape index (κ2) is 14.4. The van der Waals surface area contributed by atoms with Crippen LogP contribution < -0.4 is 16.4 Å². The van der Waals surface area contributed by atoms with Crippen LogP contribution in [0.3, 0.4) is 0 Å². The van der Waals surface area contributed by atoms with Gasteiger partial charge in [0.1, 0.15) is 23.4 Å². The van der Waals surface area contributed by atoms with Crippen LogP contribution in [0.1, 0.15) is 56.1 Å². The Balaban J connectivity index is 1.50. The van der Waals surface area contributed by atoms with Gasteiger partial charge in [0.15, 0.2) is 0 Å². The Hall–Kier alpha value is -4.35. The number of aromatic nitrogens is 1. The number of para-hydroxylation sites is 1. The molecule has 11 heteroatoms. The minimum atomic E-state index is -1.31. The summed E-state index contributed by atoms with van der Waals surface area (Å²) in [5, 5.41) is 17.7. The molecule has 1 aliphatic rings. The summed E-state index contributed by atoms with van der Waals surface area (Å²) in [6, 6.07) is 17.3. The van der Waals surface area contributed by atoms with E-state index in [-0.39, 0.29) is 24.6 Å². The number of hydrogen-bond donors (Lipinski definition) is 4. The number of β-amino-alcohol motifs (C(OH)–C–C–N with tert-alkyl or cyclic N) is 1. The molecule has 5 N–H and O–H groups in total. The number of fused-ring (bicyclic) bond motifs is 1. The molecule has 0 spiro atoms. The molecule has 0 aliphatic carbocycles. The SMILES string of the molecule is CC(C)(C)OC(=O)[C@@H]1CCCN1C[C@@H](O)[C@H](Cc1ccccc1)NC(=O)[C@H](CC(N)=O)NC(=O)c1ccc2ccccc2n1. The largest absolute Gasteiger partial charge is 0.459 e. The molecule has 0 bridgehead atoms. The number of carbonyl (C=O) groups is 4. The highest BCUT2D eigenvalue weighted by atomic mass is 16.6. The smallest absolute Gasteiger partial charge is 0.323 e. The van der Waals surface area contributed by atoms with Crippen molar-refractivity contribution in [2.45, 2.75) is 76.3 Å². The zero-order valence-electron chi connectivity index (χ0n) is 25.4. The first-order valence-electron chi connectivity index (χ1n) is 14.8. The summed E-state index contributed by atoms with van der Waals surface area (Å²) in [7, 11) is 0. The molecule has 3 amide bonds. The maximum atomic E-state index is 13.6. The molecular formula is C33H41N5O6. The van der Waals surface area contributed by atoms with Crippen LogP contribution in [-0.4, -0.2) is 81.6 Å². The highest BCUT2D eigenvalue weighted by molar-refractivity contribution is 5.99. The third kappa shape index (κ3) is 9.08. The second-order valence-electron chi connectivity index (χ2n) is 12.1. The van der Waals surface area contributed by atoms with Crippen LogP contribution in [0.5, 0.6) is 0 Å². The Morgan fingerprint density at radius 2 is 1.73 bits per heavy atom. The summed E-state index contributed by atoms with van der Waals surface area (Å²) in [5.41, 5.74) is 6.34. The number of aliphatic hydroxyl groups excluding tert-OH is 1. The van der Waals surface area contributed by atoms with Crippen LogP contribution in [0.2, 0.25) is 0 Å². The van der Waals surface area contributed by atoms with Crippen molar-refractivity contribution in [3.05, 3.63) is 78.0 Å². The molecule has 0 saturated carbocycles. The van der Waals surface area contributed by atoms with E-state index in [1.807, 2.05) is 68.1 Å². The lowest BCUT2D eigenvalue weighted by molar-refractivity contribution is -0.160. The number of amides is 3. The molecule has 4 atom stereocenters. The fourth-order valence-corrected chi connectivity index (χ4v) is 5.32. The first kappa shape index (κ1) is 32.6. The molecule has 1 saturated heterocycles. The maximum Gasteiger partial charge on any atom is 0.323 e. The summed E-state index contributed by atoms with van der Waals surface area (Å²) >= 11 is 0. The zero-order chi connectivity index (χ0) is 31.9. The Labute approximate surface area is 257 Å². The van der Waals surface area contributed by atoms with Crippen LogP contribution in [0.4, 0.5) is 0 Å². The molecule has 2 heterocycles. The van der Waals surface area contributed by atoms with Gasteiger partial charge in [0, 0.05) is 11.9 Å². The van der Waals surface area contributed by atoms with Gasteiger partial charge in [-0.25, -0.2) is 4.98 Å². The Kier molecular flexibility index (Phi) is 10.7. The van der Waals surface area contributed by atoms with Crippen LogP contribution in [0.25, 0.3) is 10.9 Å². The number of nitrogens with one attached hydrogen (secondary N) is 2. The first-order chi connectivity index (χ1) is 20.9. The molecule has 3 aromatic rings. The van der Waals surface area contributed by atoms with E-state index in [2.05, 4.69) is 15.6 Å². The standard InChI is InChI=1S/C33H41N5O6/c1-33(2,3)44-32(43)27-14-9-17-38(27)20-28(39)25(18-21-10-5-4-6-11-21)36-31(42)26(19-29(34)40)37-30(41)24-16-15-22-12-7-8-13-23(22)35-24/h4-8,10-13,15-16,25-28,39H,9,14,17-20H2,1-3H3,(H2,34,40)(H,36,42)(H,37,41)/t25-,26-,27-,28+/m0/s1. The molecule has 4 rings (SSSR count). The van der Waals surface area contributed by atoms with E-state index < -0.39 is 54.0 Å². The van der Waals surface area contributed by atoms with Gasteiger partial charge < -0.3 is 26.2 Å². The predicted octanol–water partition coefficient (Wildman–Crippen LogP) is 2.10. The van der Waals surface area contributed by atoms with Crippen molar-refractivity contribution in [2.24, 2.45) is 5.73 Å². The number of carbonyl (C=O) groups excluding carboxylic acids is 4. The Morgan fingerprint density at radius 1 is 1.02 bits per heavy atom. The number of primary amides is 1. The number of nitrogens with zero attached hydrogens (tertiary/aromatic N) is 2. The molecule has 234 valence electrons. The van der Waals surface area contributed by atoms with Gasteiger partial charge in [0.2, 0.25) is 11.8 Å². The van der Waals surface area contributed by atoms with E-state index in [4.69, 9.17) is 10.5 Å². The number of esters is 1. The number of benzene rings is 2. The summed E-state index contributed by atoms with van der Waals surface area (Å²) in [4.78, 5) is 57.7. The summed E-state index contributed by atoms with van der Waals surface area (Å²) in [5.74, 6) is -2.45. The van der Waals surface area contributed by atoms with Crippen LogP contribution in [0, 0.1) is 0 Å². The third-order valence-corrected chi connectivity index (χ3v) is 7.41. The summed E-state index contributed by atoms with van der Waals surface area (Å²) < 4.78 is 5.60.